The van der Waals surface area contributed by atoms with E-state index in [2.05, 4.69) is 4.98 Å². The van der Waals surface area contributed by atoms with Crippen molar-refractivity contribution >= 4 is 5.78 Å². The summed E-state index contributed by atoms with van der Waals surface area (Å²) < 4.78 is 1.96. The van der Waals surface area contributed by atoms with Gasteiger partial charge in [0.25, 0.3) is 0 Å². The smallest absolute Gasteiger partial charge is 0.195 e. The number of ketones is 1. The monoisotopic (exact) mass is 178 g/mol. The van der Waals surface area contributed by atoms with Gasteiger partial charge in [0.05, 0.1) is 5.69 Å². The van der Waals surface area contributed by atoms with Crippen LogP contribution in [-0.2, 0) is 19.9 Å². The highest BCUT2D eigenvalue weighted by Gasteiger charge is 2.19. The summed E-state index contributed by atoms with van der Waals surface area (Å²) in [6.07, 6.45) is 4.55. The summed E-state index contributed by atoms with van der Waals surface area (Å²) in [5, 5.41) is 0. The van der Waals surface area contributed by atoms with Gasteiger partial charge in [-0.15, -0.1) is 0 Å². The number of hydrogen-bond acceptors (Lipinski definition) is 2. The van der Waals surface area contributed by atoms with Crippen molar-refractivity contribution in [2.75, 3.05) is 0 Å². The minimum atomic E-state index is 0.0666. The summed E-state index contributed by atoms with van der Waals surface area (Å²) >= 11 is 0. The molecule has 1 aliphatic rings. The summed E-state index contributed by atoms with van der Waals surface area (Å²) in [5.41, 5.74) is 2.40. The first-order valence-electron chi connectivity index (χ1n) is 4.75. The minimum absolute atomic E-state index is 0.0666. The molecule has 3 nitrogen and oxygen atoms in total. The second kappa shape index (κ2) is 2.98. The van der Waals surface area contributed by atoms with Crippen LogP contribution in [0.1, 0.15) is 41.8 Å². The summed E-state index contributed by atoms with van der Waals surface area (Å²) in [7, 11) is 1.94. The molecule has 2 rings (SSSR count). The van der Waals surface area contributed by atoms with Crippen LogP contribution in [0, 0.1) is 0 Å². The molecule has 0 aromatic carbocycles. The van der Waals surface area contributed by atoms with Gasteiger partial charge in [0, 0.05) is 19.7 Å². The fourth-order valence-corrected chi connectivity index (χ4v) is 2.00. The predicted octanol–water partition coefficient (Wildman–Crippen LogP) is 1.50. The van der Waals surface area contributed by atoms with Crippen LogP contribution in [0.15, 0.2) is 0 Å². The third-order valence-corrected chi connectivity index (χ3v) is 2.69. The van der Waals surface area contributed by atoms with Gasteiger partial charge in [-0.1, -0.05) is 0 Å². The Kier molecular flexibility index (Phi) is 1.94. The molecule has 1 aromatic heterocycles. The molecule has 3 heteroatoms. The van der Waals surface area contributed by atoms with Gasteiger partial charge in [0.1, 0.15) is 0 Å². The lowest BCUT2D eigenvalue weighted by Gasteiger charge is -2.10. The zero-order valence-corrected chi connectivity index (χ0v) is 8.13. The SMILES string of the molecule is CC(=O)c1nc2c(n1C)CCCC2. The second-order valence-corrected chi connectivity index (χ2v) is 3.65. The van der Waals surface area contributed by atoms with E-state index in [9.17, 15) is 4.79 Å². The molecule has 0 atom stereocenters. The number of fused-ring (bicyclic) bond motifs is 1. The minimum Gasteiger partial charge on any atom is -0.328 e. The second-order valence-electron chi connectivity index (χ2n) is 3.65. The van der Waals surface area contributed by atoms with Crippen molar-refractivity contribution in [1.82, 2.24) is 9.55 Å². The van der Waals surface area contributed by atoms with Crippen molar-refractivity contribution in [3.05, 3.63) is 17.2 Å². The van der Waals surface area contributed by atoms with Crippen molar-refractivity contribution in [2.45, 2.75) is 32.6 Å². The van der Waals surface area contributed by atoms with Crippen LogP contribution < -0.4 is 0 Å². The number of carbonyl (C=O) groups excluding carboxylic acids is 1. The summed E-state index contributed by atoms with van der Waals surface area (Å²) in [6, 6.07) is 0. The van der Waals surface area contributed by atoms with E-state index in [0.717, 1.165) is 18.5 Å². The van der Waals surface area contributed by atoms with Gasteiger partial charge < -0.3 is 4.57 Å². The molecule has 0 saturated heterocycles. The molecule has 0 saturated carbocycles. The first-order valence-corrected chi connectivity index (χ1v) is 4.75. The Morgan fingerprint density at radius 3 is 2.69 bits per heavy atom. The number of rotatable bonds is 1. The topological polar surface area (TPSA) is 34.9 Å². The van der Waals surface area contributed by atoms with Crippen molar-refractivity contribution in [3.63, 3.8) is 0 Å². The molecule has 1 heterocycles. The van der Waals surface area contributed by atoms with E-state index in [4.69, 9.17) is 0 Å². The standard InChI is InChI=1S/C10H14N2O/c1-7(13)10-11-8-5-3-4-6-9(8)12(10)2/h3-6H2,1-2H3. The Labute approximate surface area is 77.8 Å². The molecule has 0 fully saturated rings. The zero-order chi connectivity index (χ0) is 9.42. The lowest BCUT2D eigenvalue weighted by Crippen LogP contribution is -2.08. The van der Waals surface area contributed by atoms with Crippen molar-refractivity contribution in [2.24, 2.45) is 7.05 Å². The van der Waals surface area contributed by atoms with E-state index in [-0.39, 0.29) is 5.78 Å². The van der Waals surface area contributed by atoms with Crippen LogP contribution in [0.5, 0.6) is 0 Å². The maximum atomic E-state index is 11.2. The Morgan fingerprint density at radius 2 is 2.08 bits per heavy atom. The van der Waals surface area contributed by atoms with Crippen molar-refractivity contribution in [3.8, 4) is 0 Å². The highest BCUT2D eigenvalue weighted by atomic mass is 16.1. The molecule has 0 radical (unpaired) electrons. The van der Waals surface area contributed by atoms with Crippen LogP contribution >= 0.6 is 0 Å². The van der Waals surface area contributed by atoms with Gasteiger partial charge in [-0.2, -0.15) is 0 Å². The van der Waals surface area contributed by atoms with Crippen LogP contribution in [0.4, 0.5) is 0 Å². The molecule has 0 N–H and O–H groups in total. The van der Waals surface area contributed by atoms with Gasteiger partial charge in [-0.05, 0) is 25.7 Å². The molecule has 1 aromatic rings. The highest BCUT2D eigenvalue weighted by Crippen LogP contribution is 2.21. The molecule has 0 amide bonds. The molecular formula is C10H14N2O. The number of aromatic nitrogens is 2. The van der Waals surface area contributed by atoms with Crippen LogP contribution in [0.25, 0.3) is 0 Å². The first-order chi connectivity index (χ1) is 6.20. The lowest BCUT2D eigenvalue weighted by atomic mass is 10.0. The average molecular weight is 178 g/mol. The number of imidazole rings is 1. The Bertz CT molecular complexity index is 352. The fourth-order valence-electron chi connectivity index (χ4n) is 2.00. The van der Waals surface area contributed by atoms with Gasteiger partial charge >= 0.3 is 0 Å². The Morgan fingerprint density at radius 1 is 1.38 bits per heavy atom. The van der Waals surface area contributed by atoms with Crippen molar-refractivity contribution in [1.29, 1.82) is 0 Å². The third kappa shape index (κ3) is 1.28. The molecule has 1 aliphatic carbocycles. The molecule has 0 spiro atoms. The summed E-state index contributed by atoms with van der Waals surface area (Å²) in [4.78, 5) is 15.6. The number of carbonyl (C=O) groups is 1. The molecule has 13 heavy (non-hydrogen) atoms. The average Bonchev–Trinajstić information content (AvgIpc) is 2.45. The van der Waals surface area contributed by atoms with E-state index in [0.29, 0.717) is 5.82 Å². The largest absolute Gasteiger partial charge is 0.328 e. The van der Waals surface area contributed by atoms with Gasteiger partial charge in [-0.3, -0.25) is 4.79 Å². The van der Waals surface area contributed by atoms with Crippen LogP contribution in [0.3, 0.4) is 0 Å². The van der Waals surface area contributed by atoms with Crippen molar-refractivity contribution < 1.29 is 4.79 Å². The van der Waals surface area contributed by atoms with E-state index in [1.165, 1.54) is 18.5 Å². The molecule has 0 aliphatic heterocycles. The van der Waals surface area contributed by atoms with E-state index in [1.807, 2.05) is 11.6 Å². The van der Waals surface area contributed by atoms with Gasteiger partial charge in [0.2, 0.25) is 0 Å². The molecular weight excluding hydrogens is 164 g/mol. The number of hydrogen-bond donors (Lipinski definition) is 0. The number of Topliss-reactive ketones (excluding diaryl/α,β-unsaturated/α-hetero) is 1. The lowest BCUT2D eigenvalue weighted by molar-refractivity contribution is 0.100. The molecule has 0 unspecified atom stereocenters. The van der Waals surface area contributed by atoms with Gasteiger partial charge in [0.15, 0.2) is 11.6 Å². The van der Waals surface area contributed by atoms with E-state index in [1.54, 1.807) is 6.92 Å². The maximum Gasteiger partial charge on any atom is 0.195 e. The predicted molar refractivity (Wildman–Crippen MR) is 49.9 cm³/mol. The third-order valence-electron chi connectivity index (χ3n) is 2.69. The number of nitrogens with zero attached hydrogens (tertiary/aromatic N) is 2. The highest BCUT2D eigenvalue weighted by molar-refractivity contribution is 5.90. The van der Waals surface area contributed by atoms with E-state index >= 15 is 0 Å². The quantitative estimate of drug-likeness (QED) is 0.611. The van der Waals surface area contributed by atoms with Crippen LogP contribution in [0.2, 0.25) is 0 Å². The maximum absolute atomic E-state index is 11.2. The summed E-state index contributed by atoms with van der Waals surface area (Å²) in [5.74, 6) is 0.684. The zero-order valence-electron chi connectivity index (χ0n) is 8.13. The fraction of sp³-hybridized carbons (Fsp3) is 0.600. The molecule has 70 valence electrons. The number of aryl methyl sites for hydroxylation is 1. The van der Waals surface area contributed by atoms with Crippen LogP contribution in [-0.4, -0.2) is 15.3 Å². The normalized spacial score (nSPS) is 15.5. The van der Waals surface area contributed by atoms with E-state index < -0.39 is 0 Å². The van der Waals surface area contributed by atoms with Gasteiger partial charge in [-0.25, -0.2) is 4.98 Å². The first kappa shape index (κ1) is 8.48. The Hall–Kier alpha value is -1.12. The summed E-state index contributed by atoms with van der Waals surface area (Å²) in [6.45, 7) is 1.58. The Balaban J connectivity index is 2.50. The molecule has 0 bridgehead atoms.